The van der Waals surface area contributed by atoms with Crippen LogP contribution in [0.4, 0.5) is 11.4 Å². The number of anilines is 2. The molecule has 0 saturated heterocycles. The molecule has 0 aliphatic rings. The Kier molecular flexibility index (Phi) is 5.64. The minimum Gasteiger partial charge on any atom is -0.326 e. The smallest absolute Gasteiger partial charge is 0.233 e. The molecule has 120 valence electrons. The van der Waals surface area contributed by atoms with Gasteiger partial charge in [-0.05, 0) is 43.2 Å². The van der Waals surface area contributed by atoms with Crippen LogP contribution in [0.3, 0.4) is 0 Å². The molecule has 2 aromatic carbocycles. The van der Waals surface area contributed by atoms with Gasteiger partial charge in [0.1, 0.15) is 6.42 Å². The molecule has 6 heteroatoms. The van der Waals surface area contributed by atoms with E-state index in [1.807, 2.05) is 32.0 Å². The molecule has 0 aliphatic heterocycles. The van der Waals surface area contributed by atoms with E-state index in [1.165, 1.54) is 6.07 Å². The molecular formula is C17H16Cl2N2O2. The predicted molar refractivity (Wildman–Crippen MR) is 94.3 cm³/mol. The molecular weight excluding hydrogens is 335 g/mol. The lowest BCUT2D eigenvalue weighted by molar-refractivity contribution is -0.123. The average Bonchev–Trinajstić information content (AvgIpc) is 2.47. The third-order valence-electron chi connectivity index (χ3n) is 3.27. The van der Waals surface area contributed by atoms with Crippen molar-refractivity contribution in [3.63, 3.8) is 0 Å². The molecule has 0 heterocycles. The van der Waals surface area contributed by atoms with Crippen LogP contribution in [0.5, 0.6) is 0 Å². The molecule has 0 unspecified atom stereocenters. The number of hydrogen-bond donors (Lipinski definition) is 2. The second kappa shape index (κ2) is 7.49. The van der Waals surface area contributed by atoms with E-state index in [0.29, 0.717) is 15.7 Å². The van der Waals surface area contributed by atoms with Gasteiger partial charge in [-0.3, -0.25) is 9.59 Å². The van der Waals surface area contributed by atoms with E-state index in [0.717, 1.165) is 16.8 Å². The lowest BCUT2D eigenvalue weighted by atomic mass is 10.1. The summed E-state index contributed by atoms with van der Waals surface area (Å²) in [6.07, 6.45) is -0.284. The summed E-state index contributed by atoms with van der Waals surface area (Å²) in [6, 6.07) is 10.4. The van der Waals surface area contributed by atoms with Gasteiger partial charge in [0, 0.05) is 11.4 Å². The molecule has 0 radical (unpaired) electrons. The first-order valence-electron chi connectivity index (χ1n) is 6.98. The largest absolute Gasteiger partial charge is 0.326 e. The molecule has 23 heavy (non-hydrogen) atoms. The van der Waals surface area contributed by atoms with Gasteiger partial charge in [0.05, 0.1) is 10.0 Å². The fourth-order valence-corrected chi connectivity index (χ4v) is 2.42. The SMILES string of the molecule is Cc1cccc(C)c1NC(=O)CC(=O)Nc1ccc(Cl)c(Cl)c1. The lowest BCUT2D eigenvalue weighted by Crippen LogP contribution is -2.22. The number of carbonyl (C=O) groups is 2. The molecule has 0 fully saturated rings. The molecule has 0 bridgehead atoms. The van der Waals surface area contributed by atoms with Gasteiger partial charge in [0.2, 0.25) is 11.8 Å². The maximum atomic E-state index is 12.0. The second-order valence-electron chi connectivity index (χ2n) is 5.17. The average molecular weight is 351 g/mol. The van der Waals surface area contributed by atoms with Gasteiger partial charge >= 0.3 is 0 Å². The third kappa shape index (κ3) is 4.71. The number of rotatable bonds is 4. The van der Waals surface area contributed by atoms with Crippen molar-refractivity contribution in [2.45, 2.75) is 20.3 Å². The molecule has 0 spiro atoms. The second-order valence-corrected chi connectivity index (χ2v) is 5.98. The summed E-state index contributed by atoms with van der Waals surface area (Å²) in [4.78, 5) is 24.0. The van der Waals surface area contributed by atoms with Crippen molar-refractivity contribution < 1.29 is 9.59 Å². The quantitative estimate of drug-likeness (QED) is 0.793. The van der Waals surface area contributed by atoms with Crippen molar-refractivity contribution >= 4 is 46.4 Å². The van der Waals surface area contributed by atoms with Crippen LogP contribution >= 0.6 is 23.2 Å². The van der Waals surface area contributed by atoms with Crippen LogP contribution in [-0.2, 0) is 9.59 Å². The van der Waals surface area contributed by atoms with Gasteiger partial charge in [-0.1, -0.05) is 41.4 Å². The van der Waals surface area contributed by atoms with E-state index in [2.05, 4.69) is 10.6 Å². The molecule has 2 aromatic rings. The summed E-state index contributed by atoms with van der Waals surface area (Å²) in [7, 11) is 0. The van der Waals surface area contributed by atoms with E-state index in [1.54, 1.807) is 12.1 Å². The number of benzene rings is 2. The lowest BCUT2D eigenvalue weighted by Gasteiger charge is -2.11. The van der Waals surface area contributed by atoms with Crippen LogP contribution in [0, 0.1) is 13.8 Å². The van der Waals surface area contributed by atoms with Gasteiger partial charge in [0.15, 0.2) is 0 Å². The summed E-state index contributed by atoms with van der Waals surface area (Å²) in [6.45, 7) is 3.80. The molecule has 2 amide bonds. The zero-order valence-electron chi connectivity index (χ0n) is 12.7. The van der Waals surface area contributed by atoms with Crippen molar-refractivity contribution in [2.75, 3.05) is 10.6 Å². The van der Waals surface area contributed by atoms with Crippen LogP contribution < -0.4 is 10.6 Å². The van der Waals surface area contributed by atoms with Crippen molar-refractivity contribution in [1.82, 2.24) is 0 Å². The van der Waals surface area contributed by atoms with E-state index in [4.69, 9.17) is 23.2 Å². The number of para-hydroxylation sites is 1. The fourth-order valence-electron chi connectivity index (χ4n) is 2.12. The standard InChI is InChI=1S/C17H16Cl2N2O2/c1-10-4-3-5-11(2)17(10)21-16(23)9-15(22)20-12-6-7-13(18)14(19)8-12/h3-8H,9H2,1-2H3,(H,20,22)(H,21,23). The van der Waals surface area contributed by atoms with Crippen LogP contribution in [0.1, 0.15) is 17.5 Å². The summed E-state index contributed by atoms with van der Waals surface area (Å²) in [5.41, 5.74) is 3.12. The molecule has 0 aromatic heterocycles. The Morgan fingerprint density at radius 1 is 0.913 bits per heavy atom. The maximum Gasteiger partial charge on any atom is 0.233 e. The van der Waals surface area contributed by atoms with Crippen LogP contribution in [0.25, 0.3) is 0 Å². The maximum absolute atomic E-state index is 12.0. The number of nitrogens with one attached hydrogen (secondary N) is 2. The first kappa shape index (κ1) is 17.3. The predicted octanol–water partition coefficient (Wildman–Crippen LogP) is 4.58. The van der Waals surface area contributed by atoms with E-state index in [9.17, 15) is 9.59 Å². The Labute approximate surface area is 144 Å². The van der Waals surface area contributed by atoms with Gasteiger partial charge < -0.3 is 10.6 Å². The van der Waals surface area contributed by atoms with E-state index in [-0.39, 0.29) is 12.3 Å². The van der Waals surface area contributed by atoms with Crippen LogP contribution in [0.2, 0.25) is 10.0 Å². The van der Waals surface area contributed by atoms with Crippen molar-refractivity contribution in [3.05, 3.63) is 57.6 Å². The molecule has 0 saturated carbocycles. The number of aryl methyl sites for hydroxylation is 2. The number of amides is 2. The Hall–Kier alpha value is -2.04. The zero-order valence-corrected chi connectivity index (χ0v) is 14.3. The minimum absolute atomic E-state index is 0.284. The molecule has 0 atom stereocenters. The first-order valence-corrected chi connectivity index (χ1v) is 7.73. The number of halogens is 2. The molecule has 2 N–H and O–H groups in total. The van der Waals surface area contributed by atoms with Crippen molar-refractivity contribution in [2.24, 2.45) is 0 Å². The van der Waals surface area contributed by atoms with Crippen LogP contribution in [-0.4, -0.2) is 11.8 Å². The van der Waals surface area contributed by atoms with E-state index < -0.39 is 5.91 Å². The topological polar surface area (TPSA) is 58.2 Å². The molecule has 4 nitrogen and oxygen atoms in total. The number of carbonyl (C=O) groups excluding carboxylic acids is 2. The minimum atomic E-state index is -0.424. The highest BCUT2D eigenvalue weighted by Gasteiger charge is 2.12. The normalized spacial score (nSPS) is 10.3. The van der Waals surface area contributed by atoms with Crippen molar-refractivity contribution in [1.29, 1.82) is 0 Å². The van der Waals surface area contributed by atoms with Gasteiger partial charge in [-0.15, -0.1) is 0 Å². The fraction of sp³-hybridized carbons (Fsp3) is 0.176. The Morgan fingerprint density at radius 3 is 2.13 bits per heavy atom. The van der Waals surface area contributed by atoms with Gasteiger partial charge in [-0.2, -0.15) is 0 Å². The van der Waals surface area contributed by atoms with Gasteiger partial charge in [-0.25, -0.2) is 0 Å². The highest BCUT2D eigenvalue weighted by atomic mass is 35.5. The first-order chi connectivity index (χ1) is 10.9. The molecule has 2 rings (SSSR count). The third-order valence-corrected chi connectivity index (χ3v) is 4.01. The zero-order chi connectivity index (χ0) is 17.0. The summed E-state index contributed by atoms with van der Waals surface area (Å²) >= 11 is 11.7. The Balaban J connectivity index is 1.97. The summed E-state index contributed by atoms with van der Waals surface area (Å²) < 4.78 is 0. The molecule has 0 aliphatic carbocycles. The van der Waals surface area contributed by atoms with Gasteiger partial charge in [0.25, 0.3) is 0 Å². The highest BCUT2D eigenvalue weighted by Crippen LogP contribution is 2.25. The number of hydrogen-bond acceptors (Lipinski definition) is 2. The Morgan fingerprint density at radius 2 is 1.52 bits per heavy atom. The Bertz CT molecular complexity index is 740. The highest BCUT2D eigenvalue weighted by molar-refractivity contribution is 6.42. The monoisotopic (exact) mass is 350 g/mol. The summed E-state index contributed by atoms with van der Waals surface area (Å²) in [5.74, 6) is -0.799. The summed E-state index contributed by atoms with van der Waals surface area (Å²) in [5, 5.41) is 6.12. The van der Waals surface area contributed by atoms with Crippen LogP contribution in [0.15, 0.2) is 36.4 Å². The van der Waals surface area contributed by atoms with Crippen molar-refractivity contribution in [3.8, 4) is 0 Å². The van der Waals surface area contributed by atoms with E-state index >= 15 is 0 Å².